The quantitative estimate of drug-likeness (QED) is 0.584. The van der Waals surface area contributed by atoms with Crippen molar-refractivity contribution < 1.29 is 19.8 Å². The first-order valence-corrected chi connectivity index (χ1v) is 6.15. The molecule has 0 aliphatic carbocycles. The summed E-state index contributed by atoms with van der Waals surface area (Å²) in [6.07, 6.45) is -0.750. The van der Waals surface area contributed by atoms with Crippen LogP contribution in [-0.4, -0.2) is 52.1 Å². The number of amides is 1. The molecule has 0 saturated carbocycles. The number of aliphatic carboxylic acids is 1. The van der Waals surface area contributed by atoms with Crippen LogP contribution in [0.25, 0.3) is 0 Å². The molecule has 1 saturated heterocycles. The van der Waals surface area contributed by atoms with E-state index in [4.69, 9.17) is 5.11 Å². The van der Waals surface area contributed by atoms with Gasteiger partial charge in [-0.3, -0.25) is 9.69 Å². The topological polar surface area (TPSA) is 89.9 Å². The van der Waals surface area contributed by atoms with E-state index in [0.29, 0.717) is 11.4 Å². The van der Waals surface area contributed by atoms with Crippen molar-refractivity contribution in [1.82, 2.24) is 10.2 Å². The Bertz CT molecular complexity index is 407. The van der Waals surface area contributed by atoms with Crippen molar-refractivity contribution in [3.63, 3.8) is 0 Å². The first-order chi connectivity index (χ1) is 7.99. The van der Waals surface area contributed by atoms with E-state index >= 15 is 0 Å². The first kappa shape index (κ1) is 12.4. The minimum Gasteiger partial charge on any atom is -0.477 e. The Morgan fingerprint density at radius 1 is 1.65 bits per heavy atom. The fourth-order valence-electron chi connectivity index (χ4n) is 2.14. The number of carboxylic acid groups (broad SMARTS) is 1. The van der Waals surface area contributed by atoms with Gasteiger partial charge in [0, 0.05) is 11.4 Å². The number of hydrogen-bond donors (Lipinski definition) is 3. The number of hydrogen-bond acceptors (Lipinski definition) is 5. The molecule has 17 heavy (non-hydrogen) atoms. The van der Waals surface area contributed by atoms with Crippen LogP contribution in [0.15, 0.2) is 10.6 Å². The minimum absolute atomic E-state index is 0.0521. The van der Waals surface area contributed by atoms with E-state index < -0.39 is 18.0 Å². The highest BCUT2D eigenvalue weighted by atomic mass is 32.2. The van der Waals surface area contributed by atoms with Gasteiger partial charge in [-0.2, -0.15) is 0 Å². The Morgan fingerprint density at radius 3 is 2.76 bits per heavy atom. The molecule has 2 heterocycles. The summed E-state index contributed by atoms with van der Waals surface area (Å²) in [5.41, 5.74) is 0.0521. The first-order valence-electron chi connectivity index (χ1n) is 5.28. The van der Waals surface area contributed by atoms with Gasteiger partial charge in [0.2, 0.25) is 5.91 Å². The van der Waals surface area contributed by atoms with Crippen LogP contribution < -0.4 is 5.32 Å². The summed E-state index contributed by atoms with van der Waals surface area (Å²) in [6, 6.07) is 0. The maximum atomic E-state index is 11.8. The van der Waals surface area contributed by atoms with E-state index in [0.717, 1.165) is 0 Å². The van der Waals surface area contributed by atoms with Gasteiger partial charge < -0.3 is 15.5 Å². The Kier molecular flexibility index (Phi) is 3.15. The third kappa shape index (κ3) is 1.74. The third-order valence-electron chi connectivity index (χ3n) is 2.91. The van der Waals surface area contributed by atoms with Crippen molar-refractivity contribution in [1.29, 1.82) is 0 Å². The maximum Gasteiger partial charge on any atom is 0.353 e. The lowest BCUT2D eigenvalue weighted by Crippen LogP contribution is -2.60. The molecule has 0 radical (unpaired) electrons. The highest BCUT2D eigenvalue weighted by molar-refractivity contribution is 8.04. The van der Waals surface area contributed by atoms with E-state index in [2.05, 4.69) is 5.32 Å². The SMILES string of the molecule is CNCC1=C(C(=O)O)N2C(=O)C([C@@H](C)O)[C@@H]2S1. The summed E-state index contributed by atoms with van der Waals surface area (Å²) in [7, 11) is 1.72. The van der Waals surface area contributed by atoms with Gasteiger partial charge in [-0.25, -0.2) is 4.79 Å². The summed E-state index contributed by atoms with van der Waals surface area (Å²) in [4.78, 5) is 24.8. The van der Waals surface area contributed by atoms with Gasteiger partial charge in [-0.05, 0) is 14.0 Å². The van der Waals surface area contributed by atoms with Gasteiger partial charge >= 0.3 is 5.97 Å². The van der Waals surface area contributed by atoms with Gasteiger partial charge in [-0.15, -0.1) is 11.8 Å². The molecule has 1 fully saturated rings. The van der Waals surface area contributed by atoms with Crippen LogP contribution >= 0.6 is 11.8 Å². The van der Waals surface area contributed by atoms with Gasteiger partial charge in [-0.1, -0.05) is 0 Å². The number of thioether (sulfide) groups is 1. The fourth-order valence-corrected chi connectivity index (χ4v) is 3.76. The molecule has 0 aromatic heterocycles. The van der Waals surface area contributed by atoms with Crippen LogP contribution in [0.1, 0.15) is 6.92 Å². The van der Waals surface area contributed by atoms with Crippen LogP contribution in [-0.2, 0) is 9.59 Å². The van der Waals surface area contributed by atoms with Crippen molar-refractivity contribution in [2.24, 2.45) is 5.92 Å². The molecular formula is C10H14N2O4S. The number of aliphatic hydroxyl groups is 1. The monoisotopic (exact) mass is 258 g/mol. The molecule has 0 bridgehead atoms. The van der Waals surface area contributed by atoms with Crippen molar-refractivity contribution in [3.8, 4) is 0 Å². The molecular weight excluding hydrogens is 244 g/mol. The Morgan fingerprint density at radius 2 is 2.29 bits per heavy atom. The number of aliphatic hydroxyl groups excluding tert-OH is 1. The molecule has 0 aromatic carbocycles. The molecule has 2 rings (SSSR count). The van der Waals surface area contributed by atoms with E-state index in [1.165, 1.54) is 16.7 Å². The number of carbonyl (C=O) groups excluding carboxylic acids is 1. The number of rotatable bonds is 4. The smallest absolute Gasteiger partial charge is 0.353 e. The highest BCUT2D eigenvalue weighted by Gasteiger charge is 2.57. The van der Waals surface area contributed by atoms with Gasteiger partial charge in [0.05, 0.1) is 12.0 Å². The number of carbonyl (C=O) groups is 2. The number of likely N-dealkylation sites (N-methyl/N-ethyl adjacent to an activating group) is 1. The van der Waals surface area contributed by atoms with Crippen molar-refractivity contribution in [2.45, 2.75) is 18.4 Å². The molecule has 6 nitrogen and oxygen atoms in total. The number of fused-ring (bicyclic) bond motifs is 1. The molecule has 3 atom stereocenters. The summed E-state index contributed by atoms with van der Waals surface area (Å²) in [5, 5.41) is 21.2. The molecule has 0 aromatic rings. The lowest BCUT2D eigenvalue weighted by Gasteiger charge is -2.43. The molecule has 1 unspecified atom stereocenters. The lowest BCUT2D eigenvalue weighted by molar-refractivity contribution is -0.156. The van der Waals surface area contributed by atoms with E-state index in [9.17, 15) is 14.7 Å². The van der Waals surface area contributed by atoms with E-state index in [1.54, 1.807) is 14.0 Å². The van der Waals surface area contributed by atoms with Crippen LogP contribution in [0.2, 0.25) is 0 Å². The minimum atomic E-state index is -1.09. The van der Waals surface area contributed by atoms with Crippen LogP contribution in [0, 0.1) is 5.92 Å². The van der Waals surface area contributed by atoms with Crippen molar-refractivity contribution >= 4 is 23.6 Å². The number of β-lactam (4-membered cyclic amide) rings is 1. The maximum absolute atomic E-state index is 11.8. The van der Waals surface area contributed by atoms with Crippen molar-refractivity contribution in [2.75, 3.05) is 13.6 Å². The molecule has 1 amide bonds. The second-order valence-electron chi connectivity index (χ2n) is 4.09. The molecule has 94 valence electrons. The summed E-state index contributed by atoms with van der Waals surface area (Å²) < 4.78 is 0. The summed E-state index contributed by atoms with van der Waals surface area (Å²) >= 11 is 1.34. The average Bonchev–Trinajstić information content (AvgIpc) is 2.53. The summed E-state index contributed by atoms with van der Waals surface area (Å²) in [6.45, 7) is 1.97. The lowest BCUT2D eigenvalue weighted by atomic mass is 9.92. The zero-order valence-electron chi connectivity index (χ0n) is 9.51. The third-order valence-corrected chi connectivity index (χ3v) is 4.28. The fraction of sp³-hybridized carbons (Fsp3) is 0.600. The summed E-state index contributed by atoms with van der Waals surface area (Å²) in [5.74, 6) is -1.90. The predicted molar refractivity (Wildman–Crippen MR) is 62.0 cm³/mol. The molecule has 0 spiro atoms. The van der Waals surface area contributed by atoms with Crippen LogP contribution in [0.3, 0.4) is 0 Å². The molecule has 7 heteroatoms. The Labute approximate surface area is 103 Å². The standard InChI is InChI=1S/C10H14N2O4S/c1-4(13)6-8(14)12-7(10(15)16)5(3-11-2)17-9(6)12/h4,6,9,11,13H,3H2,1-2H3,(H,15,16)/t4-,6?,9+/m1/s1. The predicted octanol–water partition coefficient (Wildman–Crippen LogP) is -0.586. The van der Waals surface area contributed by atoms with Crippen LogP contribution in [0.4, 0.5) is 0 Å². The average molecular weight is 258 g/mol. The zero-order valence-corrected chi connectivity index (χ0v) is 10.3. The second-order valence-corrected chi connectivity index (χ2v) is 5.30. The van der Waals surface area contributed by atoms with Crippen molar-refractivity contribution in [3.05, 3.63) is 10.6 Å². The van der Waals surface area contributed by atoms with Crippen LogP contribution in [0.5, 0.6) is 0 Å². The van der Waals surface area contributed by atoms with Gasteiger partial charge in [0.1, 0.15) is 11.1 Å². The van der Waals surface area contributed by atoms with E-state index in [1.807, 2.05) is 0 Å². The zero-order chi connectivity index (χ0) is 12.7. The number of nitrogens with one attached hydrogen (secondary N) is 1. The van der Waals surface area contributed by atoms with E-state index in [-0.39, 0.29) is 17.0 Å². The normalized spacial score (nSPS) is 29.1. The Balaban J connectivity index is 2.26. The number of nitrogens with zero attached hydrogens (tertiary/aromatic N) is 1. The molecule has 3 N–H and O–H groups in total. The highest BCUT2D eigenvalue weighted by Crippen LogP contribution is 2.49. The Hall–Kier alpha value is -1.05. The number of carboxylic acids is 1. The molecule has 2 aliphatic rings. The largest absolute Gasteiger partial charge is 0.477 e. The van der Waals surface area contributed by atoms with Gasteiger partial charge in [0.15, 0.2) is 0 Å². The second kappa shape index (κ2) is 4.32. The van der Waals surface area contributed by atoms with Gasteiger partial charge in [0.25, 0.3) is 0 Å². The molecule has 2 aliphatic heterocycles.